The van der Waals surface area contributed by atoms with Gasteiger partial charge in [-0.15, -0.1) is 0 Å². The van der Waals surface area contributed by atoms with E-state index in [4.69, 9.17) is 9.47 Å². The van der Waals surface area contributed by atoms with E-state index in [9.17, 15) is 9.59 Å². The molecule has 0 saturated carbocycles. The first-order valence-electron chi connectivity index (χ1n) is 6.94. The second kappa shape index (κ2) is 6.89. The molecule has 0 saturated heterocycles. The predicted molar refractivity (Wildman–Crippen MR) is 79.3 cm³/mol. The van der Waals surface area contributed by atoms with Crippen LogP contribution < -0.4 is 0 Å². The van der Waals surface area contributed by atoms with Gasteiger partial charge in [0, 0.05) is 11.3 Å². The van der Waals surface area contributed by atoms with Crippen molar-refractivity contribution < 1.29 is 19.1 Å². The molecule has 0 aliphatic heterocycles. The molecule has 1 unspecified atom stereocenters. The van der Waals surface area contributed by atoms with Gasteiger partial charge in [0.05, 0.1) is 7.11 Å². The Morgan fingerprint density at radius 1 is 1.32 bits per heavy atom. The van der Waals surface area contributed by atoms with Crippen molar-refractivity contribution in [2.75, 3.05) is 7.11 Å². The van der Waals surface area contributed by atoms with Crippen LogP contribution >= 0.6 is 0 Å². The molecular weight excluding hydrogens is 284 g/mol. The third kappa shape index (κ3) is 3.52. The minimum atomic E-state index is -1.11. The number of methoxy groups -OCH3 is 1. The average molecular weight is 302 g/mol. The van der Waals surface area contributed by atoms with Gasteiger partial charge in [-0.3, -0.25) is 5.10 Å². The molecule has 6 heteroatoms. The van der Waals surface area contributed by atoms with Gasteiger partial charge in [0.1, 0.15) is 0 Å². The molecule has 0 fully saturated rings. The fraction of sp³-hybridized carbons (Fsp3) is 0.312. The van der Waals surface area contributed by atoms with Crippen LogP contribution in [0.1, 0.15) is 40.3 Å². The Hall–Kier alpha value is -2.63. The maximum Gasteiger partial charge on any atom is 0.360 e. The van der Waals surface area contributed by atoms with Gasteiger partial charge in [-0.1, -0.05) is 36.8 Å². The fourth-order valence-corrected chi connectivity index (χ4v) is 2.01. The molecule has 0 aliphatic carbocycles. The zero-order valence-electron chi connectivity index (χ0n) is 12.8. The lowest BCUT2D eigenvalue weighted by atomic mass is 10.1. The van der Waals surface area contributed by atoms with Gasteiger partial charge in [-0.25, -0.2) is 9.59 Å². The quantitative estimate of drug-likeness (QED) is 0.857. The third-order valence-corrected chi connectivity index (χ3v) is 3.21. The highest BCUT2D eigenvalue weighted by Gasteiger charge is 2.27. The molecule has 1 aromatic heterocycles. The van der Waals surface area contributed by atoms with Gasteiger partial charge >= 0.3 is 11.9 Å². The Morgan fingerprint density at radius 2 is 2.09 bits per heavy atom. The highest BCUT2D eigenvalue weighted by atomic mass is 16.6. The lowest BCUT2D eigenvalue weighted by molar-refractivity contribution is -0.151. The smallest absolute Gasteiger partial charge is 0.360 e. The van der Waals surface area contributed by atoms with E-state index < -0.39 is 18.0 Å². The van der Waals surface area contributed by atoms with Crippen LogP contribution in [-0.2, 0) is 20.7 Å². The molecule has 0 amide bonds. The van der Waals surface area contributed by atoms with Crippen molar-refractivity contribution in [3.8, 4) is 0 Å². The fourth-order valence-electron chi connectivity index (χ4n) is 2.01. The second-order valence-electron chi connectivity index (χ2n) is 4.85. The molecule has 0 aliphatic rings. The van der Waals surface area contributed by atoms with E-state index in [0.717, 1.165) is 17.7 Å². The van der Waals surface area contributed by atoms with E-state index >= 15 is 0 Å². The number of aromatic nitrogens is 2. The number of aryl methyl sites for hydroxylation is 2. The monoisotopic (exact) mass is 302 g/mol. The molecule has 2 aromatic rings. The summed E-state index contributed by atoms with van der Waals surface area (Å²) < 4.78 is 10.0. The third-order valence-electron chi connectivity index (χ3n) is 3.21. The second-order valence-corrected chi connectivity index (χ2v) is 4.85. The summed E-state index contributed by atoms with van der Waals surface area (Å²) in [5.74, 6) is -1.31. The Bertz CT molecular complexity index is 678. The van der Waals surface area contributed by atoms with E-state index in [0.29, 0.717) is 5.56 Å². The molecule has 22 heavy (non-hydrogen) atoms. The van der Waals surface area contributed by atoms with Gasteiger partial charge < -0.3 is 9.47 Å². The summed E-state index contributed by atoms with van der Waals surface area (Å²) >= 11 is 0. The highest BCUT2D eigenvalue weighted by molar-refractivity contribution is 5.90. The maximum atomic E-state index is 12.2. The van der Waals surface area contributed by atoms with Gasteiger partial charge in [0.15, 0.2) is 5.69 Å². The number of rotatable bonds is 5. The first kappa shape index (κ1) is 15.8. The number of aromatic amines is 1. The van der Waals surface area contributed by atoms with E-state index in [1.807, 2.05) is 19.9 Å². The van der Waals surface area contributed by atoms with E-state index in [1.165, 1.54) is 7.11 Å². The van der Waals surface area contributed by atoms with E-state index in [2.05, 4.69) is 10.2 Å². The van der Waals surface area contributed by atoms with Crippen LogP contribution in [-0.4, -0.2) is 29.2 Å². The Labute approximate surface area is 128 Å². The zero-order chi connectivity index (χ0) is 16.1. The Balaban J connectivity index is 2.23. The lowest BCUT2D eigenvalue weighted by Gasteiger charge is -2.15. The summed E-state index contributed by atoms with van der Waals surface area (Å²) in [6.07, 6.45) is -0.391. The number of H-pyrrole nitrogens is 1. The SMILES string of the molecule is CCc1cc(C(=O)OC(C(=O)OC)c2cccc(C)c2)n[nH]1. The van der Waals surface area contributed by atoms with Gasteiger partial charge in [-0.05, 0) is 19.4 Å². The number of nitrogens with one attached hydrogen (secondary N) is 1. The Kier molecular flexibility index (Phi) is 4.93. The largest absolute Gasteiger partial charge is 0.466 e. The number of hydrogen-bond donors (Lipinski definition) is 1. The molecule has 1 atom stereocenters. The van der Waals surface area contributed by atoms with Crippen LogP contribution in [0.3, 0.4) is 0 Å². The van der Waals surface area contributed by atoms with Crippen molar-refractivity contribution in [3.63, 3.8) is 0 Å². The van der Waals surface area contributed by atoms with Crippen LogP contribution in [0.15, 0.2) is 30.3 Å². The predicted octanol–water partition coefficient (Wildman–Crippen LogP) is 2.35. The first-order valence-corrected chi connectivity index (χ1v) is 6.94. The standard InChI is InChI=1S/C16H18N2O4/c1-4-12-9-13(18-17-12)15(19)22-14(16(20)21-3)11-7-5-6-10(2)8-11/h5-9,14H,4H2,1-3H3,(H,17,18). The van der Waals surface area contributed by atoms with Crippen molar-refractivity contribution >= 4 is 11.9 Å². The molecule has 1 aromatic carbocycles. The zero-order valence-corrected chi connectivity index (χ0v) is 12.8. The highest BCUT2D eigenvalue weighted by Crippen LogP contribution is 2.21. The molecule has 0 radical (unpaired) electrons. The molecule has 0 bridgehead atoms. The van der Waals surface area contributed by atoms with Crippen LogP contribution in [0.2, 0.25) is 0 Å². The summed E-state index contributed by atoms with van der Waals surface area (Å²) in [5, 5.41) is 6.62. The number of carbonyl (C=O) groups is 2. The number of nitrogens with zero attached hydrogens (tertiary/aromatic N) is 1. The van der Waals surface area contributed by atoms with Crippen LogP contribution in [0, 0.1) is 6.92 Å². The molecule has 1 heterocycles. The average Bonchev–Trinajstić information content (AvgIpc) is 3.00. The molecule has 2 rings (SSSR count). The topological polar surface area (TPSA) is 81.3 Å². The van der Waals surface area contributed by atoms with Crippen LogP contribution in [0.4, 0.5) is 0 Å². The summed E-state index contributed by atoms with van der Waals surface area (Å²) in [5.41, 5.74) is 2.47. The van der Waals surface area contributed by atoms with Crippen molar-refractivity contribution in [1.29, 1.82) is 0 Å². The van der Waals surface area contributed by atoms with Crippen molar-refractivity contribution in [2.24, 2.45) is 0 Å². The minimum absolute atomic E-state index is 0.137. The van der Waals surface area contributed by atoms with Crippen LogP contribution in [0.25, 0.3) is 0 Å². The summed E-state index contributed by atoms with van der Waals surface area (Å²) in [7, 11) is 1.25. The van der Waals surface area contributed by atoms with Gasteiger partial charge in [0.25, 0.3) is 0 Å². The van der Waals surface area contributed by atoms with Crippen LogP contribution in [0.5, 0.6) is 0 Å². The first-order chi connectivity index (χ1) is 10.5. The molecular formula is C16H18N2O4. The number of esters is 2. The summed E-state index contributed by atoms with van der Waals surface area (Å²) in [6, 6.07) is 8.77. The molecule has 1 N–H and O–H groups in total. The van der Waals surface area contributed by atoms with Crippen molar-refractivity contribution in [3.05, 3.63) is 52.8 Å². The van der Waals surface area contributed by atoms with Crippen molar-refractivity contribution in [1.82, 2.24) is 10.2 Å². The van der Waals surface area contributed by atoms with E-state index in [1.54, 1.807) is 24.3 Å². The van der Waals surface area contributed by atoms with Crippen molar-refractivity contribution in [2.45, 2.75) is 26.4 Å². The number of hydrogen-bond acceptors (Lipinski definition) is 5. The van der Waals surface area contributed by atoms with Gasteiger partial charge in [0.2, 0.25) is 6.10 Å². The summed E-state index contributed by atoms with van der Waals surface area (Å²) in [6.45, 7) is 3.83. The minimum Gasteiger partial charge on any atom is -0.466 e. The molecule has 6 nitrogen and oxygen atoms in total. The van der Waals surface area contributed by atoms with E-state index in [-0.39, 0.29) is 5.69 Å². The Morgan fingerprint density at radius 3 is 2.68 bits per heavy atom. The maximum absolute atomic E-state index is 12.2. The number of benzene rings is 1. The summed E-state index contributed by atoms with van der Waals surface area (Å²) in [4.78, 5) is 24.1. The lowest BCUT2D eigenvalue weighted by Crippen LogP contribution is -2.21. The number of ether oxygens (including phenoxy) is 2. The van der Waals surface area contributed by atoms with Gasteiger partial charge in [-0.2, -0.15) is 5.10 Å². The molecule has 0 spiro atoms. The number of carbonyl (C=O) groups excluding carboxylic acids is 2. The molecule has 116 valence electrons. The normalized spacial score (nSPS) is 11.8.